The van der Waals surface area contributed by atoms with Crippen LogP contribution >= 0.6 is 0 Å². The number of likely N-dealkylation sites (N-methyl/N-ethyl adjacent to an activating group) is 1. The lowest BCUT2D eigenvalue weighted by Gasteiger charge is -2.40. The van der Waals surface area contributed by atoms with E-state index in [4.69, 9.17) is 4.74 Å². The molecule has 1 atom stereocenters. The first-order valence-corrected chi connectivity index (χ1v) is 4.56. The van der Waals surface area contributed by atoms with E-state index in [1.165, 1.54) is 12.2 Å². The van der Waals surface area contributed by atoms with Gasteiger partial charge in [-0.15, -0.1) is 0 Å². The molecule has 0 amide bonds. The highest BCUT2D eigenvalue weighted by Gasteiger charge is 2.39. The summed E-state index contributed by atoms with van der Waals surface area (Å²) in [7, 11) is 1.83. The Morgan fingerprint density at radius 1 is 1.64 bits per heavy atom. The van der Waals surface area contributed by atoms with Crippen LogP contribution in [0.1, 0.15) is 6.92 Å². The summed E-state index contributed by atoms with van der Waals surface area (Å²) < 4.78 is 5.28. The van der Waals surface area contributed by atoms with Crippen LogP contribution in [0.4, 0.5) is 0 Å². The van der Waals surface area contributed by atoms with E-state index >= 15 is 0 Å². The average molecular weight is 195 g/mol. The number of hydrogen-bond donors (Lipinski definition) is 1. The number of fused-ring (bicyclic) bond motifs is 1. The van der Waals surface area contributed by atoms with Crippen LogP contribution in [0, 0.1) is 0 Å². The number of rotatable bonds is 0. The zero-order valence-corrected chi connectivity index (χ0v) is 8.28. The Labute approximate surface area is 82.5 Å². The summed E-state index contributed by atoms with van der Waals surface area (Å²) >= 11 is 0. The molecule has 1 saturated heterocycles. The van der Waals surface area contributed by atoms with Crippen molar-refractivity contribution in [1.82, 2.24) is 4.90 Å². The molecule has 0 bridgehead atoms. The first kappa shape index (κ1) is 9.43. The number of hydrogen-bond acceptors (Lipinski definition) is 4. The van der Waals surface area contributed by atoms with E-state index < -0.39 is 5.79 Å². The third-order valence-corrected chi connectivity index (χ3v) is 2.60. The molecule has 1 aliphatic heterocycles. The van der Waals surface area contributed by atoms with Crippen molar-refractivity contribution in [2.75, 3.05) is 20.2 Å². The van der Waals surface area contributed by atoms with Crippen molar-refractivity contribution in [2.45, 2.75) is 12.7 Å². The summed E-state index contributed by atoms with van der Waals surface area (Å²) in [5.41, 5.74) is 1.05. The SMILES string of the molecule is CC1=CC2(O)OCCN(C)C2=CC1=O. The summed E-state index contributed by atoms with van der Waals surface area (Å²) in [5, 5.41) is 10.1. The summed E-state index contributed by atoms with van der Waals surface area (Å²) in [6, 6.07) is 0. The molecular formula is C10H13NO3. The van der Waals surface area contributed by atoms with Gasteiger partial charge in [-0.1, -0.05) is 0 Å². The van der Waals surface area contributed by atoms with Gasteiger partial charge in [0.1, 0.15) is 0 Å². The van der Waals surface area contributed by atoms with Crippen LogP contribution in [-0.2, 0) is 9.53 Å². The first-order valence-electron chi connectivity index (χ1n) is 4.56. The molecule has 4 nitrogen and oxygen atoms in total. The number of carbonyl (C=O) groups is 1. The molecule has 0 aromatic rings. The second-order valence-corrected chi connectivity index (χ2v) is 3.69. The molecule has 0 aromatic heterocycles. The minimum atomic E-state index is -1.40. The maximum absolute atomic E-state index is 11.4. The predicted octanol–water partition coefficient (Wildman–Crippen LogP) is 0.0499. The molecule has 1 N–H and O–H groups in total. The molecule has 0 aromatic carbocycles. The van der Waals surface area contributed by atoms with Crippen LogP contribution in [0.3, 0.4) is 0 Å². The van der Waals surface area contributed by atoms with Gasteiger partial charge in [-0.3, -0.25) is 4.79 Å². The van der Waals surface area contributed by atoms with Crippen molar-refractivity contribution in [3.8, 4) is 0 Å². The summed E-state index contributed by atoms with van der Waals surface area (Å²) in [4.78, 5) is 13.2. The smallest absolute Gasteiger partial charge is 0.228 e. The molecule has 1 fully saturated rings. The number of morpholine rings is 1. The fourth-order valence-electron chi connectivity index (χ4n) is 1.74. The molecule has 76 valence electrons. The van der Waals surface area contributed by atoms with Gasteiger partial charge in [0, 0.05) is 19.7 Å². The molecule has 0 spiro atoms. The second kappa shape index (κ2) is 2.93. The Kier molecular flexibility index (Phi) is 1.97. The molecule has 2 aliphatic rings. The lowest BCUT2D eigenvalue weighted by Crippen LogP contribution is -2.49. The summed E-state index contributed by atoms with van der Waals surface area (Å²) in [6.45, 7) is 2.82. The third kappa shape index (κ3) is 1.27. The Bertz CT molecular complexity index is 345. The maximum atomic E-state index is 11.4. The van der Waals surface area contributed by atoms with Gasteiger partial charge in [0.2, 0.25) is 5.79 Å². The molecule has 1 aliphatic carbocycles. The van der Waals surface area contributed by atoms with Gasteiger partial charge in [0.25, 0.3) is 0 Å². The number of allylic oxidation sites excluding steroid dienone is 2. The van der Waals surface area contributed by atoms with E-state index in [-0.39, 0.29) is 5.78 Å². The van der Waals surface area contributed by atoms with Gasteiger partial charge < -0.3 is 14.7 Å². The highest BCUT2D eigenvalue weighted by Crippen LogP contribution is 2.31. The second-order valence-electron chi connectivity index (χ2n) is 3.69. The summed E-state index contributed by atoms with van der Waals surface area (Å²) in [6.07, 6.45) is 2.91. The van der Waals surface area contributed by atoms with E-state index in [9.17, 15) is 9.90 Å². The molecular weight excluding hydrogens is 182 g/mol. The molecule has 1 heterocycles. The average Bonchev–Trinajstić information content (AvgIpc) is 2.09. The van der Waals surface area contributed by atoms with Gasteiger partial charge in [0.15, 0.2) is 5.78 Å². The van der Waals surface area contributed by atoms with Crippen LogP contribution in [0.5, 0.6) is 0 Å². The van der Waals surface area contributed by atoms with Crippen LogP contribution in [0.2, 0.25) is 0 Å². The minimum absolute atomic E-state index is 0.0676. The Morgan fingerprint density at radius 3 is 3.07 bits per heavy atom. The molecule has 0 radical (unpaired) electrons. The van der Waals surface area contributed by atoms with Crippen LogP contribution in [-0.4, -0.2) is 41.8 Å². The minimum Gasteiger partial charge on any atom is -0.371 e. The highest BCUT2D eigenvalue weighted by molar-refractivity contribution is 6.05. The summed E-state index contributed by atoms with van der Waals surface area (Å²) in [5.74, 6) is -1.47. The lowest BCUT2D eigenvalue weighted by molar-refractivity contribution is -0.175. The van der Waals surface area contributed by atoms with Crippen molar-refractivity contribution in [1.29, 1.82) is 0 Å². The van der Waals surface area contributed by atoms with Crippen molar-refractivity contribution >= 4 is 5.78 Å². The Morgan fingerprint density at radius 2 is 2.36 bits per heavy atom. The van der Waals surface area contributed by atoms with E-state index in [0.29, 0.717) is 24.4 Å². The largest absolute Gasteiger partial charge is 0.371 e. The predicted molar refractivity (Wildman–Crippen MR) is 50.4 cm³/mol. The zero-order valence-electron chi connectivity index (χ0n) is 8.28. The zero-order chi connectivity index (χ0) is 10.3. The standard InChI is InChI=1S/C10H13NO3/c1-7-6-10(13)9(5-8(7)12)11(2)3-4-14-10/h5-6,13H,3-4H2,1-2H3. The van der Waals surface area contributed by atoms with Crippen molar-refractivity contribution in [3.63, 3.8) is 0 Å². The molecule has 14 heavy (non-hydrogen) atoms. The monoisotopic (exact) mass is 195 g/mol. The van der Waals surface area contributed by atoms with Gasteiger partial charge in [-0.05, 0) is 18.6 Å². The van der Waals surface area contributed by atoms with Crippen molar-refractivity contribution < 1.29 is 14.6 Å². The Balaban J connectivity index is 2.43. The van der Waals surface area contributed by atoms with Gasteiger partial charge >= 0.3 is 0 Å². The normalized spacial score (nSPS) is 32.2. The van der Waals surface area contributed by atoms with Gasteiger partial charge in [-0.2, -0.15) is 0 Å². The molecule has 1 unspecified atom stereocenters. The fraction of sp³-hybridized carbons (Fsp3) is 0.500. The number of aliphatic hydroxyl groups is 1. The van der Waals surface area contributed by atoms with Crippen LogP contribution < -0.4 is 0 Å². The van der Waals surface area contributed by atoms with Crippen molar-refractivity contribution in [2.24, 2.45) is 0 Å². The van der Waals surface area contributed by atoms with Crippen LogP contribution in [0.15, 0.2) is 23.4 Å². The Hall–Kier alpha value is -1.13. The van der Waals surface area contributed by atoms with E-state index in [0.717, 1.165) is 0 Å². The fourth-order valence-corrected chi connectivity index (χ4v) is 1.74. The molecule has 2 rings (SSSR count). The van der Waals surface area contributed by atoms with Crippen molar-refractivity contribution in [3.05, 3.63) is 23.4 Å². The number of carbonyl (C=O) groups excluding carboxylic acids is 1. The first-order chi connectivity index (χ1) is 6.53. The number of ketones is 1. The lowest BCUT2D eigenvalue weighted by atomic mass is 9.97. The topological polar surface area (TPSA) is 49.8 Å². The van der Waals surface area contributed by atoms with Gasteiger partial charge in [0.05, 0.1) is 12.3 Å². The highest BCUT2D eigenvalue weighted by atomic mass is 16.6. The molecule has 4 heteroatoms. The van der Waals surface area contributed by atoms with E-state index in [1.54, 1.807) is 6.92 Å². The quantitative estimate of drug-likeness (QED) is 0.593. The van der Waals surface area contributed by atoms with Gasteiger partial charge in [-0.25, -0.2) is 0 Å². The van der Waals surface area contributed by atoms with E-state index in [2.05, 4.69) is 0 Å². The third-order valence-electron chi connectivity index (χ3n) is 2.60. The van der Waals surface area contributed by atoms with Crippen LogP contribution in [0.25, 0.3) is 0 Å². The maximum Gasteiger partial charge on any atom is 0.228 e. The van der Waals surface area contributed by atoms with E-state index in [1.807, 2.05) is 11.9 Å². The number of nitrogens with zero attached hydrogens (tertiary/aromatic N) is 1. The molecule has 0 saturated carbocycles. The number of ether oxygens (including phenoxy) is 1.